The van der Waals surface area contributed by atoms with Gasteiger partial charge in [0.05, 0.1) is 18.8 Å². The minimum Gasteiger partial charge on any atom is -0.356 e. The van der Waals surface area contributed by atoms with E-state index in [2.05, 4.69) is 25.6 Å². The fourth-order valence-corrected chi connectivity index (χ4v) is 3.71. The zero-order valence-corrected chi connectivity index (χ0v) is 17.8. The van der Waals surface area contributed by atoms with Crippen LogP contribution in [0.15, 0.2) is 17.4 Å². The summed E-state index contributed by atoms with van der Waals surface area (Å²) in [5, 5.41) is 10.9. The van der Waals surface area contributed by atoms with Gasteiger partial charge < -0.3 is 15.5 Å². The minimum atomic E-state index is -4.10. The molecule has 29 heavy (non-hydrogen) atoms. The van der Waals surface area contributed by atoms with E-state index < -0.39 is 12.7 Å². The summed E-state index contributed by atoms with van der Waals surface area (Å²) in [6.07, 6.45) is 2.33. The molecule has 0 aromatic carbocycles. The normalized spacial score (nSPS) is 18.3. The van der Waals surface area contributed by atoms with Gasteiger partial charge in [0.2, 0.25) is 0 Å². The summed E-state index contributed by atoms with van der Waals surface area (Å²) < 4.78 is 39.2. The molecule has 1 aromatic heterocycles. The van der Waals surface area contributed by atoms with Gasteiger partial charge in [-0.2, -0.15) is 18.3 Å². The Labute approximate surface area is 171 Å². The number of hydrogen-bond acceptors (Lipinski definition) is 4. The molecule has 2 N–H and O–H groups in total. The van der Waals surface area contributed by atoms with Crippen LogP contribution in [0, 0.1) is 5.92 Å². The monoisotopic (exact) mass is 417 g/mol. The van der Waals surface area contributed by atoms with Crippen LogP contribution < -0.4 is 10.6 Å². The van der Waals surface area contributed by atoms with E-state index >= 15 is 0 Å². The Hall–Kier alpha value is -1.81. The number of likely N-dealkylation sites (tertiary alicyclic amines) is 1. The summed E-state index contributed by atoms with van der Waals surface area (Å²) in [4.78, 5) is 7.91. The van der Waals surface area contributed by atoms with Gasteiger partial charge in [-0.1, -0.05) is 0 Å². The van der Waals surface area contributed by atoms with Crippen LogP contribution in [0.25, 0.3) is 0 Å². The second-order valence-corrected chi connectivity index (χ2v) is 7.93. The molecule has 1 aromatic rings. The fourth-order valence-electron chi connectivity index (χ4n) is 3.71. The van der Waals surface area contributed by atoms with Crippen molar-refractivity contribution in [2.75, 3.05) is 53.9 Å². The van der Waals surface area contributed by atoms with Crippen molar-refractivity contribution < 1.29 is 13.2 Å². The van der Waals surface area contributed by atoms with Crippen molar-refractivity contribution in [2.24, 2.45) is 18.0 Å². The van der Waals surface area contributed by atoms with E-state index in [0.717, 1.165) is 37.3 Å². The predicted molar refractivity (Wildman–Crippen MR) is 109 cm³/mol. The highest BCUT2D eigenvalue weighted by Gasteiger charge is 2.32. The molecule has 0 saturated carbocycles. The van der Waals surface area contributed by atoms with Crippen molar-refractivity contribution in [3.8, 4) is 0 Å². The quantitative estimate of drug-likeness (QED) is 0.499. The van der Waals surface area contributed by atoms with E-state index in [1.54, 1.807) is 11.7 Å². The molecule has 1 saturated heterocycles. The number of nitrogens with one attached hydrogen (secondary N) is 2. The highest BCUT2D eigenvalue weighted by atomic mass is 19.4. The Balaban J connectivity index is 1.70. The SMILES string of the molecule is CN=C(NCCC1CCN(CC(F)(F)F)CC1)NCC(c1cnn(C)c1)N(C)C. The smallest absolute Gasteiger partial charge is 0.356 e. The van der Waals surface area contributed by atoms with Crippen LogP contribution in [0.5, 0.6) is 0 Å². The molecule has 1 atom stereocenters. The van der Waals surface area contributed by atoms with Crippen LogP contribution in [0.3, 0.4) is 0 Å². The molecule has 2 rings (SSSR count). The van der Waals surface area contributed by atoms with Gasteiger partial charge in [0.1, 0.15) is 0 Å². The first-order valence-electron chi connectivity index (χ1n) is 10.1. The molecular weight excluding hydrogens is 383 g/mol. The van der Waals surface area contributed by atoms with Crippen molar-refractivity contribution in [2.45, 2.75) is 31.5 Å². The number of guanidine groups is 1. The Morgan fingerprint density at radius 3 is 2.52 bits per heavy atom. The van der Waals surface area contributed by atoms with Crippen molar-refractivity contribution in [3.63, 3.8) is 0 Å². The molecule has 2 heterocycles. The van der Waals surface area contributed by atoms with Crippen molar-refractivity contribution in [1.29, 1.82) is 0 Å². The molecule has 1 unspecified atom stereocenters. The third kappa shape index (κ3) is 8.22. The van der Waals surface area contributed by atoms with Gasteiger partial charge in [0.25, 0.3) is 0 Å². The topological polar surface area (TPSA) is 60.7 Å². The summed E-state index contributed by atoms with van der Waals surface area (Å²) in [6.45, 7) is 1.69. The molecule has 1 aliphatic heterocycles. The van der Waals surface area contributed by atoms with E-state index in [-0.39, 0.29) is 6.04 Å². The maximum atomic E-state index is 12.5. The number of hydrogen-bond donors (Lipinski definition) is 2. The lowest BCUT2D eigenvalue weighted by atomic mass is 9.93. The minimum absolute atomic E-state index is 0.167. The maximum absolute atomic E-state index is 12.5. The van der Waals surface area contributed by atoms with E-state index in [1.165, 1.54) is 4.90 Å². The lowest BCUT2D eigenvalue weighted by Crippen LogP contribution is -2.43. The number of likely N-dealkylation sites (N-methyl/N-ethyl adjacent to an activating group) is 1. The van der Waals surface area contributed by atoms with Crippen molar-refractivity contribution in [1.82, 2.24) is 30.2 Å². The molecule has 0 amide bonds. The standard InChI is InChI=1S/C19H34F3N7/c1-23-18(25-12-17(27(2)3)16-11-26-28(4)13-16)24-8-5-15-6-9-29(10-7-15)14-19(20,21)22/h11,13,15,17H,5-10,12,14H2,1-4H3,(H2,23,24,25). The molecule has 0 bridgehead atoms. The van der Waals surface area contributed by atoms with Gasteiger partial charge >= 0.3 is 6.18 Å². The number of alkyl halides is 3. The number of halogens is 3. The summed E-state index contributed by atoms with van der Waals surface area (Å²) >= 11 is 0. The largest absolute Gasteiger partial charge is 0.401 e. The van der Waals surface area contributed by atoms with E-state index in [0.29, 0.717) is 25.6 Å². The van der Waals surface area contributed by atoms with Crippen molar-refractivity contribution >= 4 is 5.96 Å². The first-order valence-corrected chi connectivity index (χ1v) is 10.1. The average Bonchev–Trinajstić information content (AvgIpc) is 3.06. The molecule has 10 heteroatoms. The highest BCUT2D eigenvalue weighted by Crippen LogP contribution is 2.24. The molecule has 0 spiro atoms. The summed E-state index contributed by atoms with van der Waals surface area (Å²) in [5.41, 5.74) is 1.13. The van der Waals surface area contributed by atoms with Crippen LogP contribution in [0.1, 0.15) is 30.9 Å². The van der Waals surface area contributed by atoms with E-state index in [4.69, 9.17) is 0 Å². The Morgan fingerprint density at radius 2 is 2.00 bits per heavy atom. The molecular formula is C19H34F3N7. The first kappa shape index (κ1) is 23.5. The van der Waals surface area contributed by atoms with Gasteiger partial charge in [-0.05, 0) is 52.4 Å². The number of rotatable bonds is 8. The number of aliphatic imine (C=N–C) groups is 1. The highest BCUT2D eigenvalue weighted by molar-refractivity contribution is 5.79. The maximum Gasteiger partial charge on any atom is 0.401 e. The Bertz CT molecular complexity index is 634. The summed E-state index contributed by atoms with van der Waals surface area (Å²) in [5.74, 6) is 1.19. The summed E-state index contributed by atoms with van der Waals surface area (Å²) in [7, 11) is 7.69. The van der Waals surface area contributed by atoms with Gasteiger partial charge in [0.15, 0.2) is 5.96 Å². The van der Waals surface area contributed by atoms with Crippen LogP contribution in [-0.4, -0.2) is 85.6 Å². The molecule has 1 fully saturated rings. The number of aromatic nitrogens is 2. The zero-order valence-electron chi connectivity index (χ0n) is 17.8. The average molecular weight is 418 g/mol. The van der Waals surface area contributed by atoms with Crippen LogP contribution in [0.4, 0.5) is 13.2 Å². The lowest BCUT2D eigenvalue weighted by molar-refractivity contribution is -0.148. The zero-order chi connectivity index (χ0) is 21.4. The Kier molecular flexibility index (Phi) is 8.76. The molecule has 0 aliphatic carbocycles. The predicted octanol–water partition coefficient (Wildman–Crippen LogP) is 1.85. The molecule has 7 nitrogen and oxygen atoms in total. The van der Waals surface area contributed by atoms with Gasteiger partial charge in [0, 0.05) is 38.9 Å². The third-order valence-corrected chi connectivity index (χ3v) is 5.37. The van der Waals surface area contributed by atoms with Gasteiger partial charge in [-0.3, -0.25) is 14.6 Å². The number of nitrogens with zero attached hydrogens (tertiary/aromatic N) is 5. The van der Waals surface area contributed by atoms with E-state index in [1.807, 2.05) is 33.5 Å². The number of piperidine rings is 1. The molecule has 166 valence electrons. The molecule has 1 aliphatic rings. The van der Waals surface area contributed by atoms with Crippen LogP contribution >= 0.6 is 0 Å². The summed E-state index contributed by atoms with van der Waals surface area (Å²) in [6, 6.07) is 0.167. The fraction of sp³-hybridized carbons (Fsp3) is 0.789. The lowest BCUT2D eigenvalue weighted by Gasteiger charge is -2.32. The second kappa shape index (κ2) is 10.8. The Morgan fingerprint density at radius 1 is 1.31 bits per heavy atom. The third-order valence-electron chi connectivity index (χ3n) is 5.37. The van der Waals surface area contributed by atoms with Gasteiger partial charge in [-0.15, -0.1) is 0 Å². The van der Waals surface area contributed by atoms with Gasteiger partial charge in [-0.25, -0.2) is 0 Å². The van der Waals surface area contributed by atoms with Crippen LogP contribution in [-0.2, 0) is 7.05 Å². The van der Waals surface area contributed by atoms with E-state index in [9.17, 15) is 13.2 Å². The first-order chi connectivity index (χ1) is 13.7. The van der Waals surface area contributed by atoms with Crippen molar-refractivity contribution in [3.05, 3.63) is 18.0 Å². The molecule has 0 radical (unpaired) electrons. The van der Waals surface area contributed by atoms with Crippen LogP contribution in [0.2, 0.25) is 0 Å². The second-order valence-electron chi connectivity index (χ2n) is 7.93. The number of aryl methyl sites for hydroxylation is 1.